The first-order chi connectivity index (χ1) is 19.0. The fourth-order valence-electron chi connectivity index (χ4n) is 4.45. The second-order valence-electron chi connectivity index (χ2n) is 9.14. The van der Waals surface area contributed by atoms with Crippen LogP contribution < -0.4 is 28.4 Å². The molecular formula is C33H36O6. The van der Waals surface area contributed by atoms with Gasteiger partial charge in [0, 0.05) is 6.07 Å². The number of hydrogen-bond donors (Lipinski definition) is 0. The normalized spacial score (nSPS) is 10.6. The van der Waals surface area contributed by atoms with E-state index in [9.17, 15) is 0 Å². The Labute approximate surface area is 231 Å². The molecule has 4 aromatic rings. The van der Waals surface area contributed by atoms with Crippen molar-refractivity contribution in [3.8, 4) is 40.2 Å². The molecule has 0 fully saturated rings. The molecule has 204 valence electrons. The minimum absolute atomic E-state index is 0.640. The van der Waals surface area contributed by atoms with Gasteiger partial charge in [-0.15, -0.1) is 0 Å². The van der Waals surface area contributed by atoms with Crippen molar-refractivity contribution < 1.29 is 28.4 Å². The standard InChI is InChI=1S/C33H36O6/c1-34-27-8-6-7-23(17-27)9-10-24-13-15-30(37-4)32(20-24)39-33-21-25(14-16-31(33)38-5)11-12-26-18-28(35-2)22-29(19-26)36-3/h6-8,13-22H,9-12H2,1-5H3. The van der Waals surface area contributed by atoms with Gasteiger partial charge in [0.15, 0.2) is 23.0 Å². The Bertz CT molecular complexity index is 1360. The van der Waals surface area contributed by atoms with E-state index in [2.05, 4.69) is 24.3 Å². The Kier molecular flexibility index (Phi) is 9.57. The van der Waals surface area contributed by atoms with Crippen LogP contribution in [0.25, 0.3) is 0 Å². The molecule has 0 radical (unpaired) electrons. The number of rotatable bonds is 13. The highest BCUT2D eigenvalue weighted by Crippen LogP contribution is 2.38. The molecule has 0 amide bonds. The maximum atomic E-state index is 6.41. The van der Waals surface area contributed by atoms with Crippen molar-refractivity contribution >= 4 is 0 Å². The monoisotopic (exact) mass is 528 g/mol. The van der Waals surface area contributed by atoms with Gasteiger partial charge in [-0.3, -0.25) is 0 Å². The van der Waals surface area contributed by atoms with Crippen LogP contribution in [-0.4, -0.2) is 35.5 Å². The zero-order chi connectivity index (χ0) is 27.6. The Morgan fingerprint density at radius 3 is 1.33 bits per heavy atom. The van der Waals surface area contributed by atoms with Crippen LogP contribution >= 0.6 is 0 Å². The smallest absolute Gasteiger partial charge is 0.169 e. The summed E-state index contributed by atoms with van der Waals surface area (Å²) in [6.07, 6.45) is 3.38. The first kappa shape index (κ1) is 27.7. The quantitative estimate of drug-likeness (QED) is 0.185. The van der Waals surface area contributed by atoms with Crippen LogP contribution in [0.1, 0.15) is 22.3 Å². The summed E-state index contributed by atoms with van der Waals surface area (Å²) in [6, 6.07) is 26.2. The lowest BCUT2D eigenvalue weighted by atomic mass is 10.0. The molecule has 0 aliphatic carbocycles. The first-order valence-electron chi connectivity index (χ1n) is 12.9. The van der Waals surface area contributed by atoms with Crippen LogP contribution in [0, 0.1) is 0 Å². The number of methoxy groups -OCH3 is 5. The molecule has 0 aromatic heterocycles. The van der Waals surface area contributed by atoms with Gasteiger partial charge in [0.25, 0.3) is 0 Å². The van der Waals surface area contributed by atoms with E-state index in [1.165, 1.54) is 5.56 Å². The second-order valence-corrected chi connectivity index (χ2v) is 9.14. The molecule has 0 aliphatic heterocycles. The Hall–Kier alpha value is -4.32. The molecule has 0 saturated heterocycles. The molecular weight excluding hydrogens is 492 g/mol. The molecule has 0 saturated carbocycles. The summed E-state index contributed by atoms with van der Waals surface area (Å²) in [5.41, 5.74) is 4.63. The van der Waals surface area contributed by atoms with Gasteiger partial charge >= 0.3 is 0 Å². The summed E-state index contributed by atoms with van der Waals surface area (Å²) in [6.45, 7) is 0. The van der Waals surface area contributed by atoms with Gasteiger partial charge in [0.1, 0.15) is 17.2 Å². The molecule has 39 heavy (non-hydrogen) atoms. The van der Waals surface area contributed by atoms with Crippen molar-refractivity contribution in [3.05, 3.63) is 101 Å². The van der Waals surface area contributed by atoms with Crippen LogP contribution in [0.2, 0.25) is 0 Å². The average Bonchev–Trinajstić information content (AvgIpc) is 2.99. The molecule has 6 nitrogen and oxygen atoms in total. The molecule has 0 unspecified atom stereocenters. The van der Waals surface area contributed by atoms with Crippen molar-refractivity contribution in [1.29, 1.82) is 0 Å². The molecule has 6 heteroatoms. The van der Waals surface area contributed by atoms with E-state index in [1.54, 1.807) is 35.5 Å². The fraction of sp³-hybridized carbons (Fsp3) is 0.273. The van der Waals surface area contributed by atoms with Gasteiger partial charge in [-0.2, -0.15) is 0 Å². The highest BCUT2D eigenvalue weighted by atomic mass is 16.5. The molecule has 4 aromatic carbocycles. The molecule has 0 heterocycles. The second kappa shape index (κ2) is 13.5. The zero-order valence-electron chi connectivity index (χ0n) is 23.3. The number of benzene rings is 4. The lowest BCUT2D eigenvalue weighted by Crippen LogP contribution is -1.98. The first-order valence-corrected chi connectivity index (χ1v) is 12.9. The van der Waals surface area contributed by atoms with E-state index in [0.717, 1.165) is 59.6 Å². The number of ether oxygens (including phenoxy) is 6. The Balaban J connectivity index is 1.51. The summed E-state index contributed by atoms with van der Waals surface area (Å²) >= 11 is 0. The lowest BCUT2D eigenvalue weighted by molar-refractivity contribution is 0.356. The molecule has 0 N–H and O–H groups in total. The summed E-state index contributed by atoms with van der Waals surface area (Å²) in [7, 11) is 8.30. The molecule has 4 rings (SSSR count). The SMILES string of the molecule is COc1cccc(CCc2ccc(OC)c(Oc3cc(CCc4cc(OC)cc(OC)c4)ccc3OC)c2)c1. The van der Waals surface area contributed by atoms with E-state index in [1.807, 2.05) is 54.6 Å². The van der Waals surface area contributed by atoms with Gasteiger partial charge in [0.05, 0.1) is 35.5 Å². The van der Waals surface area contributed by atoms with Crippen LogP contribution in [0.5, 0.6) is 40.2 Å². The van der Waals surface area contributed by atoms with E-state index >= 15 is 0 Å². The molecule has 0 atom stereocenters. The minimum Gasteiger partial charge on any atom is -0.497 e. The molecule has 0 spiro atoms. The van der Waals surface area contributed by atoms with Crippen LogP contribution in [0.15, 0.2) is 78.9 Å². The largest absolute Gasteiger partial charge is 0.497 e. The van der Waals surface area contributed by atoms with Crippen molar-refractivity contribution in [1.82, 2.24) is 0 Å². The van der Waals surface area contributed by atoms with Crippen LogP contribution in [0.3, 0.4) is 0 Å². The third kappa shape index (κ3) is 7.38. The Morgan fingerprint density at radius 2 is 0.846 bits per heavy atom. The lowest BCUT2D eigenvalue weighted by Gasteiger charge is -2.16. The van der Waals surface area contributed by atoms with Crippen LogP contribution in [-0.2, 0) is 25.7 Å². The van der Waals surface area contributed by atoms with Crippen molar-refractivity contribution in [3.63, 3.8) is 0 Å². The van der Waals surface area contributed by atoms with Crippen LogP contribution in [0.4, 0.5) is 0 Å². The predicted octanol–water partition coefficient (Wildman–Crippen LogP) is 7.09. The van der Waals surface area contributed by atoms with E-state index in [-0.39, 0.29) is 0 Å². The topological polar surface area (TPSA) is 55.4 Å². The van der Waals surface area contributed by atoms with Gasteiger partial charge in [-0.05, 0) is 96.5 Å². The fourth-order valence-corrected chi connectivity index (χ4v) is 4.45. The summed E-state index contributed by atoms with van der Waals surface area (Å²) < 4.78 is 33.8. The maximum Gasteiger partial charge on any atom is 0.169 e. The summed E-state index contributed by atoms with van der Waals surface area (Å²) in [5, 5.41) is 0. The summed E-state index contributed by atoms with van der Waals surface area (Å²) in [5.74, 6) is 5.03. The van der Waals surface area contributed by atoms with E-state index in [4.69, 9.17) is 28.4 Å². The summed E-state index contributed by atoms with van der Waals surface area (Å²) in [4.78, 5) is 0. The third-order valence-electron chi connectivity index (χ3n) is 6.63. The average molecular weight is 529 g/mol. The van der Waals surface area contributed by atoms with Gasteiger partial charge < -0.3 is 28.4 Å². The van der Waals surface area contributed by atoms with E-state index in [0.29, 0.717) is 23.0 Å². The number of hydrogen-bond acceptors (Lipinski definition) is 6. The van der Waals surface area contributed by atoms with Gasteiger partial charge in [0.2, 0.25) is 0 Å². The van der Waals surface area contributed by atoms with Crippen molar-refractivity contribution in [2.24, 2.45) is 0 Å². The minimum atomic E-state index is 0.640. The molecule has 0 aliphatic rings. The number of aryl methyl sites for hydroxylation is 4. The molecule has 0 bridgehead atoms. The maximum absolute atomic E-state index is 6.41. The highest BCUT2D eigenvalue weighted by molar-refractivity contribution is 5.50. The zero-order valence-corrected chi connectivity index (χ0v) is 23.3. The van der Waals surface area contributed by atoms with Gasteiger partial charge in [-0.25, -0.2) is 0 Å². The van der Waals surface area contributed by atoms with Crippen molar-refractivity contribution in [2.45, 2.75) is 25.7 Å². The Morgan fingerprint density at radius 1 is 0.385 bits per heavy atom. The van der Waals surface area contributed by atoms with Gasteiger partial charge in [-0.1, -0.05) is 24.3 Å². The predicted molar refractivity (Wildman–Crippen MR) is 153 cm³/mol. The highest BCUT2D eigenvalue weighted by Gasteiger charge is 2.13. The third-order valence-corrected chi connectivity index (χ3v) is 6.63. The van der Waals surface area contributed by atoms with E-state index < -0.39 is 0 Å². The van der Waals surface area contributed by atoms with Crippen molar-refractivity contribution in [2.75, 3.05) is 35.5 Å².